The molecular weight excluding hydrogens is 290 g/mol. The van der Waals surface area contributed by atoms with Crippen LogP contribution >= 0.6 is 15.9 Å². The fraction of sp³-hybridized carbons (Fsp3) is 0.357. The van der Waals surface area contributed by atoms with E-state index in [9.17, 15) is 0 Å². The third-order valence-corrected chi connectivity index (χ3v) is 4.37. The Morgan fingerprint density at radius 1 is 1.33 bits per heavy atom. The molecule has 0 atom stereocenters. The van der Waals surface area contributed by atoms with Crippen molar-refractivity contribution in [3.8, 4) is 5.69 Å². The fourth-order valence-corrected chi connectivity index (χ4v) is 2.35. The number of benzene rings is 1. The van der Waals surface area contributed by atoms with Gasteiger partial charge in [0.25, 0.3) is 0 Å². The van der Waals surface area contributed by atoms with Crippen LogP contribution in [0.4, 0.5) is 0 Å². The maximum absolute atomic E-state index is 4.29. The van der Waals surface area contributed by atoms with Gasteiger partial charge in [0.15, 0.2) is 0 Å². The highest BCUT2D eigenvalue weighted by molar-refractivity contribution is 9.10. The first-order valence-electron chi connectivity index (χ1n) is 5.94. The SMILES string of the molecule is CNC(C)(C)c1cncn1-c1cccc(C)c1Br. The Hall–Kier alpha value is -1.13. The number of halogens is 1. The highest BCUT2D eigenvalue weighted by Crippen LogP contribution is 2.29. The van der Waals surface area contributed by atoms with Gasteiger partial charge in [-0.2, -0.15) is 0 Å². The molecule has 2 rings (SSSR count). The summed E-state index contributed by atoms with van der Waals surface area (Å²) in [6, 6.07) is 6.24. The van der Waals surface area contributed by atoms with E-state index in [0.717, 1.165) is 15.9 Å². The van der Waals surface area contributed by atoms with E-state index in [1.165, 1.54) is 5.56 Å². The van der Waals surface area contributed by atoms with Crippen molar-refractivity contribution in [3.63, 3.8) is 0 Å². The first-order valence-corrected chi connectivity index (χ1v) is 6.74. The van der Waals surface area contributed by atoms with Crippen molar-refractivity contribution >= 4 is 15.9 Å². The summed E-state index contributed by atoms with van der Waals surface area (Å²) in [5.41, 5.74) is 3.34. The molecule has 0 fully saturated rings. The second kappa shape index (κ2) is 4.86. The van der Waals surface area contributed by atoms with Crippen LogP contribution in [0.2, 0.25) is 0 Å². The minimum Gasteiger partial charge on any atom is -0.310 e. The lowest BCUT2D eigenvalue weighted by atomic mass is 10.0. The molecule has 2 aromatic rings. The van der Waals surface area contributed by atoms with Gasteiger partial charge in [-0.1, -0.05) is 12.1 Å². The van der Waals surface area contributed by atoms with E-state index in [1.54, 1.807) is 0 Å². The van der Waals surface area contributed by atoms with E-state index < -0.39 is 0 Å². The number of rotatable bonds is 3. The third kappa shape index (κ3) is 2.22. The van der Waals surface area contributed by atoms with Gasteiger partial charge in [-0.3, -0.25) is 0 Å². The predicted octanol–water partition coefficient (Wildman–Crippen LogP) is 3.40. The van der Waals surface area contributed by atoms with Crippen molar-refractivity contribution in [1.29, 1.82) is 0 Å². The first-order chi connectivity index (χ1) is 8.47. The van der Waals surface area contributed by atoms with Crippen LogP contribution in [-0.2, 0) is 5.54 Å². The van der Waals surface area contributed by atoms with Gasteiger partial charge in [-0.25, -0.2) is 4.98 Å². The van der Waals surface area contributed by atoms with E-state index >= 15 is 0 Å². The molecular formula is C14H18BrN3. The normalized spacial score (nSPS) is 11.8. The van der Waals surface area contributed by atoms with Crippen molar-refractivity contribution in [1.82, 2.24) is 14.9 Å². The average molecular weight is 308 g/mol. The van der Waals surface area contributed by atoms with Crippen molar-refractivity contribution in [2.45, 2.75) is 26.3 Å². The summed E-state index contributed by atoms with van der Waals surface area (Å²) in [7, 11) is 1.96. The molecule has 1 N–H and O–H groups in total. The number of aromatic nitrogens is 2. The topological polar surface area (TPSA) is 29.9 Å². The second-order valence-corrected chi connectivity index (χ2v) is 5.72. The molecule has 0 unspecified atom stereocenters. The van der Waals surface area contributed by atoms with Crippen LogP contribution in [0.25, 0.3) is 5.69 Å². The number of hydrogen-bond donors (Lipinski definition) is 1. The average Bonchev–Trinajstić information content (AvgIpc) is 2.82. The number of nitrogens with zero attached hydrogens (tertiary/aromatic N) is 2. The highest BCUT2D eigenvalue weighted by Gasteiger charge is 2.23. The molecule has 0 spiro atoms. The standard InChI is InChI=1S/C14H18BrN3/c1-10-6-5-7-11(13(10)15)18-9-17-8-12(18)14(2,3)16-4/h5-9,16H,1-4H3. The number of aryl methyl sites for hydroxylation is 1. The first kappa shape index (κ1) is 13.3. The lowest BCUT2D eigenvalue weighted by molar-refractivity contribution is 0.424. The summed E-state index contributed by atoms with van der Waals surface area (Å²) < 4.78 is 3.23. The van der Waals surface area contributed by atoms with Gasteiger partial charge in [-0.05, 0) is 55.4 Å². The largest absolute Gasteiger partial charge is 0.310 e. The summed E-state index contributed by atoms with van der Waals surface area (Å²) in [6.07, 6.45) is 3.76. The Bertz CT molecular complexity index is 558. The number of hydrogen-bond acceptors (Lipinski definition) is 2. The minimum absolute atomic E-state index is 0.125. The van der Waals surface area contributed by atoms with Gasteiger partial charge in [0, 0.05) is 4.47 Å². The Labute approximate surface area is 116 Å². The Kier molecular flexibility index (Phi) is 3.59. The Morgan fingerprint density at radius 3 is 2.72 bits per heavy atom. The van der Waals surface area contributed by atoms with E-state index in [-0.39, 0.29) is 5.54 Å². The molecule has 0 aliphatic rings. The molecule has 0 saturated carbocycles. The molecule has 96 valence electrons. The molecule has 0 radical (unpaired) electrons. The zero-order chi connectivity index (χ0) is 13.3. The minimum atomic E-state index is -0.125. The van der Waals surface area contributed by atoms with Crippen LogP contribution in [0.15, 0.2) is 35.2 Å². The molecule has 1 aromatic heterocycles. The summed E-state index contributed by atoms with van der Waals surface area (Å²) in [5.74, 6) is 0. The summed E-state index contributed by atoms with van der Waals surface area (Å²) in [6.45, 7) is 6.38. The van der Waals surface area contributed by atoms with E-state index in [2.05, 4.69) is 69.8 Å². The van der Waals surface area contributed by atoms with Crippen molar-refractivity contribution in [3.05, 3.63) is 46.5 Å². The summed E-state index contributed by atoms with van der Waals surface area (Å²) in [5, 5.41) is 3.31. The van der Waals surface area contributed by atoms with Crippen LogP contribution in [-0.4, -0.2) is 16.6 Å². The predicted molar refractivity (Wildman–Crippen MR) is 78.1 cm³/mol. The van der Waals surface area contributed by atoms with E-state index in [1.807, 2.05) is 19.6 Å². The molecule has 0 amide bonds. The van der Waals surface area contributed by atoms with Gasteiger partial charge in [0.2, 0.25) is 0 Å². The highest BCUT2D eigenvalue weighted by atomic mass is 79.9. The molecule has 0 saturated heterocycles. The lowest BCUT2D eigenvalue weighted by Crippen LogP contribution is -2.35. The molecule has 0 bridgehead atoms. The zero-order valence-electron chi connectivity index (χ0n) is 11.2. The van der Waals surface area contributed by atoms with Gasteiger partial charge < -0.3 is 9.88 Å². The van der Waals surface area contributed by atoms with E-state index in [4.69, 9.17) is 0 Å². The van der Waals surface area contributed by atoms with Crippen molar-refractivity contribution in [2.24, 2.45) is 0 Å². The maximum atomic E-state index is 4.29. The summed E-state index contributed by atoms with van der Waals surface area (Å²) in [4.78, 5) is 4.29. The number of nitrogens with one attached hydrogen (secondary N) is 1. The molecule has 1 heterocycles. The van der Waals surface area contributed by atoms with Crippen LogP contribution < -0.4 is 5.32 Å². The van der Waals surface area contributed by atoms with Gasteiger partial charge in [0.05, 0.1) is 29.4 Å². The lowest BCUT2D eigenvalue weighted by Gasteiger charge is -2.26. The van der Waals surface area contributed by atoms with Gasteiger partial charge >= 0.3 is 0 Å². The van der Waals surface area contributed by atoms with Crippen LogP contribution in [0.5, 0.6) is 0 Å². The molecule has 4 heteroatoms. The van der Waals surface area contributed by atoms with Crippen LogP contribution in [0.3, 0.4) is 0 Å². The molecule has 18 heavy (non-hydrogen) atoms. The Balaban J connectivity index is 2.60. The summed E-state index contributed by atoms with van der Waals surface area (Å²) >= 11 is 3.66. The molecule has 3 nitrogen and oxygen atoms in total. The van der Waals surface area contributed by atoms with Gasteiger partial charge in [-0.15, -0.1) is 0 Å². The van der Waals surface area contributed by atoms with Gasteiger partial charge in [0.1, 0.15) is 0 Å². The van der Waals surface area contributed by atoms with Crippen molar-refractivity contribution < 1.29 is 0 Å². The maximum Gasteiger partial charge on any atom is 0.0995 e. The molecule has 1 aromatic carbocycles. The smallest absolute Gasteiger partial charge is 0.0995 e. The second-order valence-electron chi connectivity index (χ2n) is 4.93. The third-order valence-electron chi connectivity index (χ3n) is 3.33. The Morgan fingerprint density at radius 2 is 2.06 bits per heavy atom. The van der Waals surface area contributed by atoms with Crippen molar-refractivity contribution in [2.75, 3.05) is 7.05 Å². The molecule has 0 aliphatic carbocycles. The van der Waals surface area contributed by atoms with Crippen LogP contribution in [0, 0.1) is 6.92 Å². The zero-order valence-corrected chi connectivity index (χ0v) is 12.7. The van der Waals surface area contributed by atoms with Crippen LogP contribution in [0.1, 0.15) is 25.1 Å². The quantitative estimate of drug-likeness (QED) is 0.942. The fourth-order valence-electron chi connectivity index (χ4n) is 1.90. The molecule has 0 aliphatic heterocycles. The number of imidazole rings is 1. The monoisotopic (exact) mass is 307 g/mol. The van der Waals surface area contributed by atoms with E-state index in [0.29, 0.717) is 0 Å².